The fourth-order valence-electron chi connectivity index (χ4n) is 3.07. The van der Waals surface area contributed by atoms with Crippen LogP contribution in [0.15, 0.2) is 0 Å². The van der Waals surface area contributed by atoms with Gasteiger partial charge in [0.15, 0.2) is 0 Å². The molecule has 1 aromatic heterocycles. The molecule has 18 heavy (non-hydrogen) atoms. The van der Waals surface area contributed by atoms with Crippen LogP contribution in [0.2, 0.25) is 5.15 Å². The number of anilines is 1. The van der Waals surface area contributed by atoms with E-state index in [1.165, 1.54) is 19.4 Å². The lowest BCUT2D eigenvalue weighted by Gasteiger charge is -2.38. The highest BCUT2D eigenvalue weighted by atomic mass is 35.5. The summed E-state index contributed by atoms with van der Waals surface area (Å²) in [5, 5.41) is 0.589. The Hall–Kier alpha value is -0.870. The smallest absolute Gasteiger partial charge is 0.137 e. The molecule has 2 fully saturated rings. The van der Waals surface area contributed by atoms with E-state index in [0.29, 0.717) is 11.2 Å². The molecule has 5 heteroatoms. The standard InChI is InChI=1S/C13H19ClN4/c1-9-12(14)15-10(2)16-13(9)18-7-6-17-5-3-4-11(17)8-18/h11H,3-8H2,1-2H3. The second-order valence-corrected chi connectivity index (χ2v) is 5.65. The summed E-state index contributed by atoms with van der Waals surface area (Å²) in [4.78, 5) is 13.8. The number of hydrogen-bond donors (Lipinski definition) is 0. The molecule has 0 amide bonds. The van der Waals surface area contributed by atoms with Gasteiger partial charge in [-0.3, -0.25) is 4.90 Å². The predicted molar refractivity (Wildman–Crippen MR) is 73.3 cm³/mol. The Balaban J connectivity index is 1.87. The van der Waals surface area contributed by atoms with Gasteiger partial charge in [-0.1, -0.05) is 11.6 Å². The minimum atomic E-state index is 0.589. The number of halogens is 1. The van der Waals surface area contributed by atoms with Crippen molar-refractivity contribution in [2.75, 3.05) is 31.1 Å². The van der Waals surface area contributed by atoms with E-state index in [9.17, 15) is 0 Å². The summed E-state index contributed by atoms with van der Waals surface area (Å²) in [5.74, 6) is 1.79. The molecule has 0 aliphatic carbocycles. The van der Waals surface area contributed by atoms with Crippen molar-refractivity contribution in [3.05, 3.63) is 16.5 Å². The number of aromatic nitrogens is 2. The maximum Gasteiger partial charge on any atom is 0.137 e. The third-order valence-corrected chi connectivity index (χ3v) is 4.43. The normalized spacial score (nSPS) is 24.4. The van der Waals surface area contributed by atoms with Crippen LogP contribution in [0.1, 0.15) is 24.2 Å². The third kappa shape index (κ3) is 2.08. The highest BCUT2D eigenvalue weighted by molar-refractivity contribution is 6.30. The van der Waals surface area contributed by atoms with E-state index in [1.54, 1.807) is 0 Å². The number of rotatable bonds is 1. The van der Waals surface area contributed by atoms with Gasteiger partial charge in [0.1, 0.15) is 16.8 Å². The van der Waals surface area contributed by atoms with Gasteiger partial charge in [0, 0.05) is 31.2 Å². The number of fused-ring (bicyclic) bond motifs is 1. The summed E-state index contributed by atoms with van der Waals surface area (Å²) >= 11 is 6.16. The van der Waals surface area contributed by atoms with E-state index in [1.807, 2.05) is 13.8 Å². The average molecular weight is 267 g/mol. The Morgan fingerprint density at radius 3 is 2.83 bits per heavy atom. The Kier molecular flexibility index (Phi) is 3.16. The molecular formula is C13H19ClN4. The fraction of sp³-hybridized carbons (Fsp3) is 0.692. The van der Waals surface area contributed by atoms with Gasteiger partial charge < -0.3 is 4.90 Å². The molecule has 1 aromatic rings. The van der Waals surface area contributed by atoms with Crippen molar-refractivity contribution in [2.24, 2.45) is 0 Å². The van der Waals surface area contributed by atoms with Crippen molar-refractivity contribution in [1.29, 1.82) is 0 Å². The lowest BCUT2D eigenvalue weighted by atomic mass is 10.1. The van der Waals surface area contributed by atoms with Crippen LogP contribution < -0.4 is 4.90 Å². The van der Waals surface area contributed by atoms with Crippen molar-refractivity contribution in [3.63, 3.8) is 0 Å². The highest BCUT2D eigenvalue weighted by Crippen LogP contribution is 2.28. The van der Waals surface area contributed by atoms with Gasteiger partial charge in [0.05, 0.1) is 0 Å². The van der Waals surface area contributed by atoms with Crippen LogP contribution >= 0.6 is 11.6 Å². The predicted octanol–water partition coefficient (Wildman–Crippen LogP) is 2.03. The molecule has 3 rings (SSSR count). The van der Waals surface area contributed by atoms with E-state index >= 15 is 0 Å². The molecule has 3 heterocycles. The molecule has 0 radical (unpaired) electrons. The Bertz CT molecular complexity index is 463. The minimum absolute atomic E-state index is 0.589. The molecule has 1 unspecified atom stereocenters. The fourth-order valence-corrected chi connectivity index (χ4v) is 3.28. The molecule has 2 aliphatic rings. The maximum absolute atomic E-state index is 6.16. The molecule has 0 aromatic carbocycles. The summed E-state index contributed by atoms with van der Waals surface area (Å²) in [6.07, 6.45) is 2.65. The Labute approximate surface area is 113 Å². The first kappa shape index (κ1) is 12.2. The van der Waals surface area contributed by atoms with E-state index in [0.717, 1.165) is 36.8 Å². The first-order valence-electron chi connectivity index (χ1n) is 6.65. The summed E-state index contributed by atoms with van der Waals surface area (Å²) < 4.78 is 0. The van der Waals surface area contributed by atoms with Crippen LogP contribution in [0.25, 0.3) is 0 Å². The number of nitrogens with zero attached hydrogens (tertiary/aromatic N) is 4. The van der Waals surface area contributed by atoms with Crippen LogP contribution in [-0.4, -0.2) is 47.1 Å². The number of hydrogen-bond acceptors (Lipinski definition) is 4. The van der Waals surface area contributed by atoms with Gasteiger partial charge in [-0.15, -0.1) is 0 Å². The van der Waals surface area contributed by atoms with Gasteiger partial charge in [-0.25, -0.2) is 9.97 Å². The van der Waals surface area contributed by atoms with Crippen LogP contribution in [-0.2, 0) is 0 Å². The SMILES string of the molecule is Cc1nc(Cl)c(C)c(N2CCN3CCCC3C2)n1. The third-order valence-electron chi connectivity index (χ3n) is 4.06. The monoisotopic (exact) mass is 266 g/mol. The Morgan fingerprint density at radius 2 is 2.00 bits per heavy atom. The molecule has 98 valence electrons. The van der Waals surface area contributed by atoms with Gasteiger partial charge in [-0.05, 0) is 33.2 Å². The topological polar surface area (TPSA) is 32.3 Å². The molecule has 0 N–H and O–H groups in total. The first-order valence-corrected chi connectivity index (χ1v) is 7.02. The zero-order valence-electron chi connectivity index (χ0n) is 11.0. The van der Waals surface area contributed by atoms with Gasteiger partial charge in [0.25, 0.3) is 0 Å². The second kappa shape index (κ2) is 4.67. The quantitative estimate of drug-likeness (QED) is 0.728. The molecule has 2 aliphatic heterocycles. The molecule has 0 bridgehead atoms. The second-order valence-electron chi connectivity index (χ2n) is 5.29. The molecule has 0 saturated carbocycles. The zero-order chi connectivity index (χ0) is 12.7. The van der Waals surface area contributed by atoms with E-state index in [-0.39, 0.29) is 0 Å². The van der Waals surface area contributed by atoms with Crippen LogP contribution in [0.3, 0.4) is 0 Å². The van der Waals surface area contributed by atoms with Crippen molar-refractivity contribution < 1.29 is 0 Å². The zero-order valence-corrected chi connectivity index (χ0v) is 11.7. The van der Waals surface area contributed by atoms with Gasteiger partial charge in [-0.2, -0.15) is 0 Å². The van der Waals surface area contributed by atoms with Crippen molar-refractivity contribution >= 4 is 17.4 Å². The summed E-state index contributed by atoms with van der Waals surface area (Å²) in [5.41, 5.74) is 1.01. The molecule has 0 spiro atoms. The number of aryl methyl sites for hydroxylation is 1. The molecule has 2 saturated heterocycles. The molecular weight excluding hydrogens is 248 g/mol. The summed E-state index contributed by atoms with van der Waals surface area (Å²) in [7, 11) is 0. The highest BCUT2D eigenvalue weighted by Gasteiger charge is 2.31. The van der Waals surface area contributed by atoms with Crippen LogP contribution in [0, 0.1) is 13.8 Å². The minimum Gasteiger partial charge on any atom is -0.353 e. The largest absolute Gasteiger partial charge is 0.353 e. The van der Waals surface area contributed by atoms with E-state index in [4.69, 9.17) is 11.6 Å². The summed E-state index contributed by atoms with van der Waals surface area (Å²) in [6, 6.07) is 0.701. The van der Waals surface area contributed by atoms with Crippen molar-refractivity contribution in [1.82, 2.24) is 14.9 Å². The van der Waals surface area contributed by atoms with Crippen molar-refractivity contribution in [3.8, 4) is 0 Å². The van der Waals surface area contributed by atoms with Gasteiger partial charge in [0.2, 0.25) is 0 Å². The average Bonchev–Trinajstić information content (AvgIpc) is 2.80. The first-order chi connectivity index (χ1) is 8.65. The maximum atomic E-state index is 6.16. The van der Waals surface area contributed by atoms with E-state index < -0.39 is 0 Å². The van der Waals surface area contributed by atoms with Gasteiger partial charge >= 0.3 is 0 Å². The molecule has 1 atom stereocenters. The summed E-state index contributed by atoms with van der Waals surface area (Å²) in [6.45, 7) is 8.45. The lowest BCUT2D eigenvalue weighted by Crippen LogP contribution is -2.50. The van der Waals surface area contributed by atoms with Crippen molar-refractivity contribution in [2.45, 2.75) is 32.7 Å². The van der Waals surface area contributed by atoms with Crippen LogP contribution in [0.5, 0.6) is 0 Å². The van der Waals surface area contributed by atoms with Crippen LogP contribution in [0.4, 0.5) is 5.82 Å². The Morgan fingerprint density at radius 1 is 1.17 bits per heavy atom. The lowest BCUT2D eigenvalue weighted by molar-refractivity contribution is 0.230. The van der Waals surface area contributed by atoms with E-state index in [2.05, 4.69) is 19.8 Å². The molecule has 4 nitrogen and oxygen atoms in total. The number of piperazine rings is 1.